The lowest BCUT2D eigenvalue weighted by molar-refractivity contribution is -0.138. The Morgan fingerprint density at radius 1 is 1.15 bits per heavy atom. The molecule has 1 atom stereocenters. The Labute approximate surface area is 201 Å². The summed E-state index contributed by atoms with van der Waals surface area (Å²) in [6.07, 6.45) is 0. The van der Waals surface area contributed by atoms with Gasteiger partial charge in [0.15, 0.2) is 0 Å². The Hall–Kier alpha value is -3.65. The van der Waals surface area contributed by atoms with E-state index >= 15 is 0 Å². The number of rotatable bonds is 6. The highest BCUT2D eigenvalue weighted by atomic mass is 35.5. The molecule has 9 heteroatoms. The minimum atomic E-state index is -1.33. The van der Waals surface area contributed by atoms with E-state index in [1.54, 1.807) is 20.1 Å². The number of carbonyl (C=O) groups is 3. The predicted molar refractivity (Wildman–Crippen MR) is 126 cm³/mol. The fourth-order valence-electron chi connectivity index (χ4n) is 3.96. The summed E-state index contributed by atoms with van der Waals surface area (Å²) in [6.45, 7) is 1.03. The fraction of sp³-hybridized carbons (Fsp3) is 0.240. The first-order valence-corrected chi connectivity index (χ1v) is 10.9. The third-order valence-electron chi connectivity index (χ3n) is 6.08. The molecular weight excluding hydrogens is 461 g/mol. The van der Waals surface area contributed by atoms with Crippen LogP contribution in [-0.4, -0.2) is 48.3 Å². The highest BCUT2D eigenvalue weighted by Gasteiger charge is 2.49. The quantitative estimate of drug-likeness (QED) is 0.536. The molecule has 0 spiro atoms. The Morgan fingerprint density at radius 3 is 2.56 bits per heavy atom. The van der Waals surface area contributed by atoms with Crippen molar-refractivity contribution >= 4 is 40.2 Å². The molecule has 7 nitrogen and oxygen atoms in total. The van der Waals surface area contributed by atoms with Crippen LogP contribution in [0.4, 0.5) is 9.18 Å². The number of ether oxygens (including phenoxy) is 1. The molecule has 176 valence electrons. The van der Waals surface area contributed by atoms with Crippen LogP contribution in [0, 0.1) is 5.82 Å². The zero-order valence-corrected chi connectivity index (χ0v) is 19.6. The van der Waals surface area contributed by atoms with Crippen LogP contribution in [0.2, 0.25) is 5.02 Å². The van der Waals surface area contributed by atoms with E-state index in [1.165, 1.54) is 30.1 Å². The second-order valence-corrected chi connectivity index (χ2v) is 8.73. The Balaban J connectivity index is 1.53. The topological polar surface area (TPSA) is 79.0 Å². The number of fused-ring (bicyclic) bond motifs is 1. The van der Waals surface area contributed by atoms with Gasteiger partial charge in [-0.05, 0) is 53.6 Å². The van der Waals surface area contributed by atoms with Crippen LogP contribution in [0.3, 0.4) is 0 Å². The van der Waals surface area contributed by atoms with Gasteiger partial charge < -0.3 is 15.0 Å². The number of likely N-dealkylation sites (N-methyl/N-ethyl adjacent to an activating group) is 1. The molecule has 3 aromatic rings. The van der Waals surface area contributed by atoms with Gasteiger partial charge in [-0.25, -0.2) is 9.18 Å². The van der Waals surface area contributed by atoms with E-state index in [0.717, 1.165) is 15.7 Å². The third kappa shape index (κ3) is 4.17. The summed E-state index contributed by atoms with van der Waals surface area (Å²) in [7, 11) is 3.04. The van der Waals surface area contributed by atoms with Crippen molar-refractivity contribution in [2.75, 3.05) is 20.7 Å². The molecule has 0 aromatic heterocycles. The van der Waals surface area contributed by atoms with Gasteiger partial charge in [0.05, 0.1) is 7.11 Å². The third-order valence-corrected chi connectivity index (χ3v) is 6.43. The molecular formula is C25H23ClFN3O4. The van der Waals surface area contributed by atoms with Gasteiger partial charge in [0.2, 0.25) is 5.91 Å². The number of halogens is 2. The first kappa shape index (κ1) is 23.5. The number of urea groups is 1. The zero-order valence-electron chi connectivity index (χ0n) is 18.9. The van der Waals surface area contributed by atoms with Crippen molar-refractivity contribution in [3.63, 3.8) is 0 Å². The summed E-state index contributed by atoms with van der Waals surface area (Å²) in [4.78, 5) is 40.8. The molecule has 0 radical (unpaired) electrons. The van der Waals surface area contributed by atoms with Crippen molar-refractivity contribution in [3.05, 3.63) is 76.6 Å². The van der Waals surface area contributed by atoms with Gasteiger partial charge in [0, 0.05) is 24.2 Å². The predicted octanol–water partition coefficient (Wildman–Crippen LogP) is 4.07. The van der Waals surface area contributed by atoms with Crippen LogP contribution in [0.15, 0.2) is 54.6 Å². The standard InChI is InChI=1S/C25H23ClFN3O4/c1-25(17-9-7-16-12-18(34-3)10-8-15(16)11-17)23(32)30(24(33)28-25)14-22(31)29(2)13-19-20(26)5-4-6-21(19)27/h4-12H,13-14H2,1-3H3,(H,28,33)/t25-/m0/s1. The van der Waals surface area contributed by atoms with E-state index in [9.17, 15) is 18.8 Å². The molecule has 0 bridgehead atoms. The molecule has 34 heavy (non-hydrogen) atoms. The molecule has 1 N–H and O–H groups in total. The minimum Gasteiger partial charge on any atom is -0.497 e. The Morgan fingerprint density at radius 2 is 1.85 bits per heavy atom. The number of carbonyl (C=O) groups excluding carboxylic acids is 3. The van der Waals surface area contributed by atoms with Gasteiger partial charge in [0.1, 0.15) is 23.7 Å². The summed E-state index contributed by atoms with van der Waals surface area (Å²) in [5, 5.41) is 4.69. The largest absolute Gasteiger partial charge is 0.497 e. The molecule has 1 heterocycles. The van der Waals surface area contributed by atoms with E-state index in [0.29, 0.717) is 11.3 Å². The van der Waals surface area contributed by atoms with Crippen molar-refractivity contribution in [2.24, 2.45) is 0 Å². The molecule has 1 aliphatic rings. The van der Waals surface area contributed by atoms with Crippen molar-refractivity contribution in [1.82, 2.24) is 15.1 Å². The van der Waals surface area contributed by atoms with Crippen LogP contribution in [0.25, 0.3) is 10.8 Å². The maximum absolute atomic E-state index is 14.1. The molecule has 4 amide bonds. The molecule has 3 aromatic carbocycles. The lowest BCUT2D eigenvalue weighted by Crippen LogP contribution is -2.43. The number of nitrogens with one attached hydrogen (secondary N) is 1. The summed E-state index contributed by atoms with van der Waals surface area (Å²) in [5.74, 6) is -0.903. The molecule has 0 aliphatic carbocycles. The van der Waals surface area contributed by atoms with Crippen LogP contribution < -0.4 is 10.1 Å². The van der Waals surface area contributed by atoms with Crippen LogP contribution >= 0.6 is 11.6 Å². The van der Waals surface area contributed by atoms with Gasteiger partial charge in [-0.2, -0.15) is 0 Å². The van der Waals surface area contributed by atoms with Gasteiger partial charge in [0.25, 0.3) is 5.91 Å². The average Bonchev–Trinajstić information content (AvgIpc) is 3.04. The average molecular weight is 484 g/mol. The molecule has 0 saturated carbocycles. The number of nitrogens with zero attached hydrogens (tertiary/aromatic N) is 2. The fourth-order valence-corrected chi connectivity index (χ4v) is 4.19. The smallest absolute Gasteiger partial charge is 0.325 e. The number of amides is 4. The van der Waals surface area contributed by atoms with E-state index in [4.69, 9.17) is 16.3 Å². The molecule has 1 fully saturated rings. The van der Waals surface area contributed by atoms with Gasteiger partial charge >= 0.3 is 6.03 Å². The van der Waals surface area contributed by atoms with Gasteiger partial charge in [-0.1, -0.05) is 35.9 Å². The SMILES string of the molecule is COc1ccc2cc([C@]3(C)NC(=O)N(CC(=O)N(C)Cc4c(F)cccc4Cl)C3=O)ccc2c1. The second kappa shape index (κ2) is 8.95. The normalized spacial score (nSPS) is 17.7. The lowest BCUT2D eigenvalue weighted by atomic mass is 9.90. The van der Waals surface area contributed by atoms with E-state index in [1.807, 2.05) is 30.3 Å². The van der Waals surface area contributed by atoms with Crippen molar-refractivity contribution in [3.8, 4) is 5.75 Å². The van der Waals surface area contributed by atoms with E-state index < -0.39 is 35.7 Å². The van der Waals surface area contributed by atoms with Crippen molar-refractivity contribution in [2.45, 2.75) is 19.0 Å². The van der Waals surface area contributed by atoms with E-state index in [-0.39, 0.29) is 17.1 Å². The van der Waals surface area contributed by atoms with Crippen LogP contribution in [0.1, 0.15) is 18.1 Å². The zero-order chi connectivity index (χ0) is 24.6. The summed E-state index contributed by atoms with van der Waals surface area (Å²) in [5.41, 5.74) is -0.585. The van der Waals surface area contributed by atoms with Crippen LogP contribution in [0.5, 0.6) is 5.75 Å². The highest BCUT2D eigenvalue weighted by molar-refractivity contribution is 6.31. The van der Waals surface area contributed by atoms with E-state index in [2.05, 4.69) is 5.32 Å². The summed E-state index contributed by atoms with van der Waals surface area (Å²) >= 11 is 6.04. The maximum Gasteiger partial charge on any atom is 0.325 e. The number of methoxy groups -OCH3 is 1. The Bertz CT molecular complexity index is 1290. The number of imide groups is 1. The first-order valence-electron chi connectivity index (χ1n) is 10.5. The molecule has 1 aliphatic heterocycles. The monoisotopic (exact) mass is 483 g/mol. The second-order valence-electron chi connectivity index (χ2n) is 8.32. The lowest BCUT2D eigenvalue weighted by Gasteiger charge is -2.24. The van der Waals surface area contributed by atoms with Crippen LogP contribution in [-0.2, 0) is 21.7 Å². The Kier molecular flexibility index (Phi) is 6.18. The summed E-state index contributed by atoms with van der Waals surface area (Å²) in [6, 6.07) is 14.6. The maximum atomic E-state index is 14.1. The highest BCUT2D eigenvalue weighted by Crippen LogP contribution is 2.32. The number of benzene rings is 3. The number of hydrogen-bond donors (Lipinski definition) is 1. The van der Waals surface area contributed by atoms with Gasteiger partial charge in [-0.3, -0.25) is 14.5 Å². The first-order chi connectivity index (χ1) is 16.1. The summed E-state index contributed by atoms with van der Waals surface area (Å²) < 4.78 is 19.3. The van der Waals surface area contributed by atoms with Gasteiger partial charge in [-0.15, -0.1) is 0 Å². The van der Waals surface area contributed by atoms with Crippen molar-refractivity contribution in [1.29, 1.82) is 0 Å². The minimum absolute atomic E-state index is 0.0978. The molecule has 1 saturated heterocycles. The molecule has 0 unspecified atom stereocenters. The number of hydrogen-bond acceptors (Lipinski definition) is 4. The molecule has 4 rings (SSSR count). The van der Waals surface area contributed by atoms with Crippen molar-refractivity contribution < 1.29 is 23.5 Å².